The predicted octanol–water partition coefficient (Wildman–Crippen LogP) is 1.67. The van der Waals surface area contributed by atoms with Gasteiger partial charge in [0.25, 0.3) is 5.91 Å². The molecular weight excluding hydrogens is 268 g/mol. The Hall–Kier alpha value is -3.07. The van der Waals surface area contributed by atoms with Crippen LogP contribution < -0.4 is 5.43 Å². The van der Waals surface area contributed by atoms with Gasteiger partial charge < -0.3 is 9.67 Å². The zero-order chi connectivity index (χ0) is 15.4. The molecule has 0 spiro atoms. The van der Waals surface area contributed by atoms with E-state index in [1.54, 1.807) is 29.8 Å². The second kappa shape index (κ2) is 5.92. The van der Waals surface area contributed by atoms with Gasteiger partial charge in [0.1, 0.15) is 17.5 Å². The van der Waals surface area contributed by atoms with Crippen molar-refractivity contribution in [2.24, 2.45) is 12.1 Å². The van der Waals surface area contributed by atoms with E-state index in [1.807, 2.05) is 6.92 Å². The highest BCUT2D eigenvalue weighted by molar-refractivity contribution is 5.97. The third kappa shape index (κ3) is 2.92. The SMILES string of the molecule is Cc1c(/C=N\NC(=O)c2ccccc2O)cc(C#N)n1C. The van der Waals surface area contributed by atoms with E-state index in [4.69, 9.17) is 5.26 Å². The van der Waals surface area contributed by atoms with Crippen molar-refractivity contribution in [2.45, 2.75) is 6.92 Å². The van der Waals surface area contributed by atoms with E-state index < -0.39 is 5.91 Å². The Morgan fingerprint density at radius 3 is 2.81 bits per heavy atom. The Bertz CT molecular complexity index is 754. The minimum Gasteiger partial charge on any atom is -0.507 e. The number of phenols is 1. The molecule has 0 saturated carbocycles. The number of benzene rings is 1. The van der Waals surface area contributed by atoms with Crippen molar-refractivity contribution < 1.29 is 9.90 Å². The van der Waals surface area contributed by atoms with Gasteiger partial charge in [-0.2, -0.15) is 10.4 Å². The van der Waals surface area contributed by atoms with E-state index in [9.17, 15) is 9.90 Å². The lowest BCUT2D eigenvalue weighted by Crippen LogP contribution is -2.17. The second-order valence-corrected chi connectivity index (χ2v) is 4.46. The molecule has 0 aliphatic heterocycles. The van der Waals surface area contributed by atoms with Gasteiger partial charge in [-0.15, -0.1) is 0 Å². The van der Waals surface area contributed by atoms with E-state index in [0.29, 0.717) is 5.69 Å². The predicted molar refractivity (Wildman–Crippen MR) is 78.0 cm³/mol. The lowest BCUT2D eigenvalue weighted by molar-refractivity contribution is 0.0952. The first-order valence-corrected chi connectivity index (χ1v) is 6.22. The number of hydrogen-bond acceptors (Lipinski definition) is 4. The maximum atomic E-state index is 11.8. The van der Waals surface area contributed by atoms with Gasteiger partial charge in [-0.25, -0.2) is 5.43 Å². The summed E-state index contributed by atoms with van der Waals surface area (Å²) < 4.78 is 1.74. The van der Waals surface area contributed by atoms with Crippen LogP contribution in [0.15, 0.2) is 35.4 Å². The zero-order valence-electron chi connectivity index (χ0n) is 11.7. The molecule has 0 atom stereocenters. The largest absolute Gasteiger partial charge is 0.507 e. The maximum absolute atomic E-state index is 11.8. The minimum absolute atomic E-state index is 0.104. The topological polar surface area (TPSA) is 90.4 Å². The number of nitrogens with zero attached hydrogens (tertiary/aromatic N) is 3. The smallest absolute Gasteiger partial charge is 0.275 e. The van der Waals surface area contributed by atoms with Crippen LogP contribution in [-0.2, 0) is 7.05 Å². The zero-order valence-corrected chi connectivity index (χ0v) is 11.7. The Morgan fingerprint density at radius 1 is 1.48 bits per heavy atom. The highest BCUT2D eigenvalue weighted by Gasteiger charge is 2.09. The lowest BCUT2D eigenvalue weighted by Gasteiger charge is -2.02. The average molecular weight is 282 g/mol. The molecule has 2 rings (SSSR count). The summed E-state index contributed by atoms with van der Waals surface area (Å²) in [6.45, 7) is 1.85. The molecule has 6 heteroatoms. The van der Waals surface area contributed by atoms with Crippen LogP contribution in [0.4, 0.5) is 0 Å². The van der Waals surface area contributed by atoms with Crippen LogP contribution in [0.3, 0.4) is 0 Å². The van der Waals surface area contributed by atoms with Crippen molar-refractivity contribution in [2.75, 3.05) is 0 Å². The molecule has 6 nitrogen and oxygen atoms in total. The van der Waals surface area contributed by atoms with E-state index in [0.717, 1.165) is 11.3 Å². The Labute approximate surface area is 121 Å². The van der Waals surface area contributed by atoms with Gasteiger partial charge in [0.15, 0.2) is 0 Å². The third-order valence-corrected chi connectivity index (χ3v) is 3.21. The molecule has 0 radical (unpaired) electrons. The van der Waals surface area contributed by atoms with Gasteiger partial charge in [-0.1, -0.05) is 12.1 Å². The average Bonchev–Trinajstić information content (AvgIpc) is 2.75. The Balaban J connectivity index is 2.12. The van der Waals surface area contributed by atoms with Crippen LogP contribution >= 0.6 is 0 Å². The van der Waals surface area contributed by atoms with Gasteiger partial charge >= 0.3 is 0 Å². The number of amides is 1. The molecule has 106 valence electrons. The number of phenolic OH excluding ortho intramolecular Hbond substituents is 1. The highest BCUT2D eigenvalue weighted by Crippen LogP contribution is 2.15. The molecule has 21 heavy (non-hydrogen) atoms. The summed E-state index contributed by atoms with van der Waals surface area (Å²) in [5.74, 6) is -0.605. The summed E-state index contributed by atoms with van der Waals surface area (Å²) in [5.41, 5.74) is 4.62. The number of carbonyl (C=O) groups is 1. The number of carbonyl (C=O) groups excluding carboxylic acids is 1. The molecule has 2 aromatic rings. The molecule has 0 fully saturated rings. The van der Waals surface area contributed by atoms with E-state index in [-0.39, 0.29) is 11.3 Å². The normalized spacial score (nSPS) is 10.5. The van der Waals surface area contributed by atoms with Crippen LogP contribution in [0.1, 0.15) is 27.3 Å². The molecule has 0 unspecified atom stereocenters. The summed E-state index contributed by atoms with van der Waals surface area (Å²) >= 11 is 0. The minimum atomic E-state index is -0.501. The number of para-hydroxylation sites is 1. The third-order valence-electron chi connectivity index (χ3n) is 3.21. The van der Waals surface area contributed by atoms with Crippen LogP contribution in [0.5, 0.6) is 5.75 Å². The molecule has 1 aromatic carbocycles. The van der Waals surface area contributed by atoms with Crippen LogP contribution in [0.2, 0.25) is 0 Å². The van der Waals surface area contributed by atoms with E-state index in [1.165, 1.54) is 18.3 Å². The first-order valence-electron chi connectivity index (χ1n) is 6.22. The molecular formula is C15H14N4O2. The van der Waals surface area contributed by atoms with Crippen molar-refractivity contribution in [3.05, 3.63) is 52.8 Å². The fourth-order valence-electron chi connectivity index (χ4n) is 1.85. The van der Waals surface area contributed by atoms with Crippen LogP contribution in [-0.4, -0.2) is 21.8 Å². The van der Waals surface area contributed by atoms with Gasteiger partial charge in [-0.3, -0.25) is 4.79 Å². The number of hydrazone groups is 1. The van der Waals surface area contributed by atoms with Crippen molar-refractivity contribution in [3.8, 4) is 11.8 Å². The first kappa shape index (κ1) is 14.3. The number of aromatic hydroxyl groups is 1. The summed E-state index contributed by atoms with van der Waals surface area (Å²) in [6, 6.07) is 9.97. The molecule has 0 aliphatic carbocycles. The van der Waals surface area contributed by atoms with Crippen molar-refractivity contribution in [3.63, 3.8) is 0 Å². The number of rotatable bonds is 3. The van der Waals surface area contributed by atoms with Crippen molar-refractivity contribution >= 4 is 12.1 Å². The second-order valence-electron chi connectivity index (χ2n) is 4.46. The summed E-state index contributed by atoms with van der Waals surface area (Å²) in [4.78, 5) is 11.8. The molecule has 1 heterocycles. The fourth-order valence-corrected chi connectivity index (χ4v) is 1.85. The Morgan fingerprint density at radius 2 is 2.19 bits per heavy atom. The maximum Gasteiger partial charge on any atom is 0.275 e. The van der Waals surface area contributed by atoms with Gasteiger partial charge in [0, 0.05) is 18.3 Å². The Kier molecular flexibility index (Phi) is 4.05. The lowest BCUT2D eigenvalue weighted by atomic mass is 10.2. The molecule has 1 aromatic heterocycles. The molecule has 2 N–H and O–H groups in total. The molecule has 0 bridgehead atoms. The number of nitriles is 1. The molecule has 1 amide bonds. The monoisotopic (exact) mass is 282 g/mol. The van der Waals surface area contributed by atoms with Gasteiger partial charge in [0.2, 0.25) is 0 Å². The summed E-state index contributed by atoms with van der Waals surface area (Å²) in [5, 5.41) is 22.3. The standard InChI is InChI=1S/C15H14N4O2/c1-10-11(7-12(8-16)19(10)2)9-17-18-15(21)13-5-3-4-6-14(13)20/h3-7,9,20H,1-2H3,(H,18,21)/b17-9-. The van der Waals surface area contributed by atoms with Crippen LogP contribution in [0, 0.1) is 18.3 Å². The van der Waals surface area contributed by atoms with Crippen molar-refractivity contribution in [1.82, 2.24) is 9.99 Å². The summed E-state index contributed by atoms with van der Waals surface area (Å²) in [6.07, 6.45) is 1.47. The fraction of sp³-hybridized carbons (Fsp3) is 0.133. The van der Waals surface area contributed by atoms with E-state index >= 15 is 0 Å². The molecule has 0 aliphatic rings. The van der Waals surface area contributed by atoms with Crippen molar-refractivity contribution in [1.29, 1.82) is 5.26 Å². The van der Waals surface area contributed by atoms with Gasteiger partial charge in [-0.05, 0) is 25.1 Å². The number of aromatic nitrogens is 1. The van der Waals surface area contributed by atoms with Gasteiger partial charge in [0.05, 0.1) is 11.8 Å². The number of nitrogens with one attached hydrogen (secondary N) is 1. The highest BCUT2D eigenvalue weighted by atomic mass is 16.3. The molecule has 0 saturated heterocycles. The number of hydrogen-bond donors (Lipinski definition) is 2. The van der Waals surface area contributed by atoms with E-state index in [2.05, 4.69) is 16.6 Å². The first-order chi connectivity index (χ1) is 10.0. The quantitative estimate of drug-likeness (QED) is 0.662. The van der Waals surface area contributed by atoms with Crippen LogP contribution in [0.25, 0.3) is 0 Å². The summed E-state index contributed by atoms with van der Waals surface area (Å²) in [7, 11) is 1.78.